The Morgan fingerprint density at radius 1 is 1.26 bits per heavy atom. The zero-order valence-electron chi connectivity index (χ0n) is 12.2. The van der Waals surface area contributed by atoms with E-state index >= 15 is 0 Å². The predicted molar refractivity (Wildman–Crippen MR) is 94.6 cm³/mol. The summed E-state index contributed by atoms with van der Waals surface area (Å²) < 4.78 is 1.64. The molecule has 120 valence electrons. The van der Waals surface area contributed by atoms with Gasteiger partial charge in [0.25, 0.3) is 0 Å². The molecule has 2 heterocycles. The van der Waals surface area contributed by atoms with Crippen molar-refractivity contribution in [3.05, 3.63) is 28.7 Å². The van der Waals surface area contributed by atoms with E-state index in [-0.39, 0.29) is 16.8 Å². The van der Waals surface area contributed by atoms with Crippen molar-refractivity contribution >= 4 is 57.5 Å². The lowest BCUT2D eigenvalue weighted by Crippen LogP contribution is -2.22. The van der Waals surface area contributed by atoms with Crippen LogP contribution in [0.1, 0.15) is 6.92 Å². The largest absolute Gasteiger partial charge is 0.325 e. The maximum absolute atomic E-state index is 12.3. The first kappa shape index (κ1) is 16.1. The van der Waals surface area contributed by atoms with Crippen LogP contribution < -0.4 is 11.0 Å². The fourth-order valence-electron chi connectivity index (χ4n) is 1.89. The quantitative estimate of drug-likeness (QED) is 0.599. The normalized spacial score (nSPS) is 12.4. The molecule has 7 nitrogen and oxygen atoms in total. The molecule has 0 radical (unpaired) electrons. The highest BCUT2D eigenvalue weighted by Crippen LogP contribution is 2.30. The second-order valence-corrected chi connectivity index (χ2v) is 8.25. The van der Waals surface area contributed by atoms with E-state index in [4.69, 9.17) is 0 Å². The summed E-state index contributed by atoms with van der Waals surface area (Å²) in [7, 11) is 0. The number of aromatic amines is 2. The summed E-state index contributed by atoms with van der Waals surface area (Å²) >= 11 is 4.37. The molecule has 2 aromatic heterocycles. The average molecular weight is 367 g/mol. The van der Waals surface area contributed by atoms with Crippen LogP contribution in [0.3, 0.4) is 0 Å². The number of fused-ring (bicyclic) bond motifs is 1. The van der Waals surface area contributed by atoms with Crippen molar-refractivity contribution in [3.63, 3.8) is 0 Å². The van der Waals surface area contributed by atoms with Gasteiger partial charge in [0.1, 0.15) is 0 Å². The van der Waals surface area contributed by atoms with Gasteiger partial charge >= 0.3 is 5.69 Å². The van der Waals surface area contributed by atoms with Crippen molar-refractivity contribution in [2.45, 2.75) is 20.9 Å². The number of aromatic nitrogens is 4. The zero-order valence-corrected chi connectivity index (χ0v) is 14.7. The molecule has 3 N–H and O–H groups in total. The molecule has 0 bridgehead atoms. The number of nitrogens with one attached hydrogen (secondary N) is 3. The molecule has 0 aliphatic rings. The summed E-state index contributed by atoms with van der Waals surface area (Å²) in [5.41, 5.74) is 1.72. The van der Waals surface area contributed by atoms with E-state index in [0.29, 0.717) is 16.7 Å². The van der Waals surface area contributed by atoms with Crippen LogP contribution in [0, 0.1) is 0 Å². The van der Waals surface area contributed by atoms with E-state index in [1.54, 1.807) is 18.2 Å². The lowest BCUT2D eigenvalue weighted by Gasteiger charge is -2.10. The number of rotatable bonds is 5. The van der Waals surface area contributed by atoms with Gasteiger partial charge in [-0.25, -0.2) is 4.79 Å². The van der Waals surface area contributed by atoms with Gasteiger partial charge in [-0.05, 0) is 31.4 Å². The van der Waals surface area contributed by atoms with Gasteiger partial charge < -0.3 is 15.3 Å². The van der Waals surface area contributed by atoms with E-state index in [9.17, 15) is 9.59 Å². The molecular formula is C13H13N5O2S3. The Labute approximate surface area is 143 Å². The third-order valence-corrected chi connectivity index (χ3v) is 6.08. The monoisotopic (exact) mass is 367 g/mol. The number of hydrogen-bond acceptors (Lipinski definition) is 7. The van der Waals surface area contributed by atoms with Crippen LogP contribution in [0.15, 0.2) is 31.7 Å². The van der Waals surface area contributed by atoms with Gasteiger partial charge in [-0.3, -0.25) is 4.79 Å². The molecule has 3 rings (SSSR count). The molecule has 0 fully saturated rings. The Morgan fingerprint density at radius 2 is 2.00 bits per heavy atom. The fraction of sp³-hybridized carbons (Fsp3) is 0.231. The Kier molecular flexibility index (Phi) is 4.74. The minimum Gasteiger partial charge on any atom is -0.325 e. The first-order chi connectivity index (χ1) is 11.0. The van der Waals surface area contributed by atoms with Crippen LogP contribution in [0.4, 0.5) is 5.69 Å². The van der Waals surface area contributed by atoms with Crippen molar-refractivity contribution in [1.82, 2.24) is 20.2 Å². The number of thioether (sulfide) groups is 2. The number of imidazole rings is 1. The Bertz CT molecular complexity index is 900. The van der Waals surface area contributed by atoms with Gasteiger partial charge in [-0.2, -0.15) is 0 Å². The zero-order chi connectivity index (χ0) is 16.4. The summed E-state index contributed by atoms with van der Waals surface area (Å²) in [6.07, 6.45) is 1.94. The van der Waals surface area contributed by atoms with Gasteiger partial charge in [0.05, 0.1) is 16.3 Å². The first-order valence-electron chi connectivity index (χ1n) is 6.62. The molecule has 0 unspecified atom stereocenters. The molecular weight excluding hydrogens is 354 g/mol. The van der Waals surface area contributed by atoms with Crippen molar-refractivity contribution in [1.29, 1.82) is 0 Å². The highest BCUT2D eigenvalue weighted by molar-refractivity contribution is 8.03. The summed E-state index contributed by atoms with van der Waals surface area (Å²) in [4.78, 5) is 28.8. The predicted octanol–water partition coefficient (Wildman–Crippen LogP) is 2.55. The molecule has 1 atom stereocenters. The SMILES string of the molecule is CSc1nnc(S[C@@H](C)C(=O)Nc2ccc3[nH]c(=O)[nH]c3c2)s1. The van der Waals surface area contributed by atoms with Crippen LogP contribution in [-0.2, 0) is 4.79 Å². The van der Waals surface area contributed by atoms with Gasteiger partial charge in [-0.15, -0.1) is 10.2 Å². The first-order valence-corrected chi connectivity index (χ1v) is 9.54. The number of carbonyl (C=O) groups is 1. The van der Waals surface area contributed by atoms with Crippen molar-refractivity contribution < 1.29 is 4.79 Å². The molecule has 1 aromatic carbocycles. The molecule has 0 saturated heterocycles. The number of amides is 1. The molecule has 1 amide bonds. The van der Waals surface area contributed by atoms with Gasteiger partial charge in [0.15, 0.2) is 8.68 Å². The maximum Gasteiger partial charge on any atom is 0.323 e. The third kappa shape index (κ3) is 3.77. The molecule has 23 heavy (non-hydrogen) atoms. The lowest BCUT2D eigenvalue weighted by molar-refractivity contribution is -0.115. The second kappa shape index (κ2) is 6.77. The number of anilines is 1. The average Bonchev–Trinajstić information content (AvgIpc) is 3.11. The highest BCUT2D eigenvalue weighted by Gasteiger charge is 2.17. The van der Waals surface area contributed by atoms with Crippen molar-refractivity contribution in [3.8, 4) is 0 Å². The molecule has 0 spiro atoms. The molecule has 0 aliphatic carbocycles. The van der Waals surface area contributed by atoms with Gasteiger partial charge in [0, 0.05) is 5.69 Å². The number of H-pyrrole nitrogens is 2. The van der Waals surface area contributed by atoms with E-state index in [1.807, 2.05) is 13.2 Å². The topological polar surface area (TPSA) is 104 Å². The summed E-state index contributed by atoms with van der Waals surface area (Å²) in [5, 5.41) is 10.6. The highest BCUT2D eigenvalue weighted by atomic mass is 32.2. The summed E-state index contributed by atoms with van der Waals surface area (Å²) in [6, 6.07) is 5.22. The standard InChI is InChI=1S/C13H13N5O2S3/c1-6(22-13-18-17-12(21-2)23-13)10(19)14-7-3-4-8-9(5-7)16-11(20)15-8/h3-6H,1-2H3,(H,14,19)(H2,15,16,20)/t6-/m0/s1. The van der Waals surface area contributed by atoms with Gasteiger partial charge in [0.2, 0.25) is 5.91 Å². The minimum absolute atomic E-state index is 0.131. The van der Waals surface area contributed by atoms with Crippen LogP contribution >= 0.6 is 34.9 Å². The summed E-state index contributed by atoms with van der Waals surface area (Å²) in [5.74, 6) is -0.131. The second-order valence-electron chi connectivity index (χ2n) is 4.63. The number of hydrogen-bond donors (Lipinski definition) is 3. The third-order valence-electron chi connectivity index (χ3n) is 2.99. The van der Waals surface area contributed by atoms with E-state index in [2.05, 4.69) is 25.5 Å². The fourth-order valence-corrected chi connectivity index (χ4v) is 4.47. The lowest BCUT2D eigenvalue weighted by atomic mass is 10.2. The maximum atomic E-state index is 12.3. The number of carbonyl (C=O) groups excluding carboxylic acids is 1. The van der Waals surface area contributed by atoms with E-state index in [0.717, 1.165) is 8.68 Å². The van der Waals surface area contributed by atoms with Crippen LogP contribution in [0.25, 0.3) is 11.0 Å². The number of benzene rings is 1. The van der Waals surface area contributed by atoms with E-state index in [1.165, 1.54) is 34.9 Å². The minimum atomic E-state index is -0.307. The van der Waals surface area contributed by atoms with Crippen LogP contribution in [-0.4, -0.2) is 37.6 Å². The number of nitrogens with zero attached hydrogens (tertiary/aromatic N) is 2. The Morgan fingerprint density at radius 3 is 2.74 bits per heavy atom. The molecule has 0 aliphatic heterocycles. The van der Waals surface area contributed by atoms with E-state index < -0.39 is 0 Å². The summed E-state index contributed by atoms with van der Waals surface area (Å²) in [6.45, 7) is 1.82. The van der Waals surface area contributed by atoms with Crippen molar-refractivity contribution in [2.75, 3.05) is 11.6 Å². The Balaban J connectivity index is 1.67. The molecule has 0 saturated carbocycles. The van der Waals surface area contributed by atoms with Crippen LogP contribution in [0.5, 0.6) is 0 Å². The Hall–Kier alpha value is -1.78. The van der Waals surface area contributed by atoms with Gasteiger partial charge in [-0.1, -0.05) is 34.9 Å². The van der Waals surface area contributed by atoms with Crippen LogP contribution in [0.2, 0.25) is 0 Å². The molecule has 10 heteroatoms. The molecule has 3 aromatic rings. The smallest absolute Gasteiger partial charge is 0.323 e. The van der Waals surface area contributed by atoms with Crippen molar-refractivity contribution in [2.24, 2.45) is 0 Å².